The molecule has 0 aromatic heterocycles. The maximum absolute atomic E-state index is 12.0. The number of esters is 1. The summed E-state index contributed by atoms with van der Waals surface area (Å²) >= 11 is 0. The predicted octanol–water partition coefficient (Wildman–Crippen LogP) is 1.65. The normalized spacial score (nSPS) is 18.7. The van der Waals surface area contributed by atoms with Gasteiger partial charge in [0.05, 0.1) is 6.61 Å². The van der Waals surface area contributed by atoms with E-state index in [1.807, 2.05) is 20.8 Å². The van der Waals surface area contributed by atoms with Crippen molar-refractivity contribution in [3.8, 4) is 0 Å². The number of rotatable bonds is 9. The van der Waals surface area contributed by atoms with E-state index in [0.29, 0.717) is 6.61 Å². The Kier molecular flexibility index (Phi) is 6.09. The first-order chi connectivity index (χ1) is 8.51. The minimum atomic E-state index is -0.553. The van der Waals surface area contributed by atoms with E-state index in [0.717, 1.165) is 32.0 Å². The Morgan fingerprint density at radius 2 is 2.11 bits per heavy atom. The van der Waals surface area contributed by atoms with Crippen LogP contribution in [0.15, 0.2) is 0 Å². The van der Waals surface area contributed by atoms with Crippen LogP contribution < -0.4 is 5.32 Å². The van der Waals surface area contributed by atoms with E-state index in [1.54, 1.807) is 0 Å². The molecule has 1 saturated carbocycles. The Labute approximate surface area is 111 Å². The van der Waals surface area contributed by atoms with Crippen LogP contribution in [0.5, 0.6) is 0 Å². The fraction of sp³-hybridized carbons (Fsp3) is 0.929. The minimum Gasteiger partial charge on any atom is -0.465 e. The molecule has 0 heterocycles. The average molecular weight is 256 g/mol. The molecule has 4 heteroatoms. The summed E-state index contributed by atoms with van der Waals surface area (Å²) in [7, 11) is 2.13. The van der Waals surface area contributed by atoms with Crippen molar-refractivity contribution in [3.05, 3.63) is 0 Å². The minimum absolute atomic E-state index is 0.133. The molecule has 0 bridgehead atoms. The van der Waals surface area contributed by atoms with Crippen LogP contribution in [0.3, 0.4) is 0 Å². The highest BCUT2D eigenvalue weighted by molar-refractivity contribution is 5.80. The largest absolute Gasteiger partial charge is 0.465 e. The van der Waals surface area contributed by atoms with Crippen molar-refractivity contribution in [2.75, 3.05) is 33.3 Å². The predicted molar refractivity (Wildman–Crippen MR) is 73.6 cm³/mol. The lowest BCUT2D eigenvalue weighted by Crippen LogP contribution is -2.52. The van der Waals surface area contributed by atoms with Gasteiger partial charge in [-0.3, -0.25) is 4.79 Å². The summed E-state index contributed by atoms with van der Waals surface area (Å²) in [4.78, 5) is 14.3. The summed E-state index contributed by atoms with van der Waals surface area (Å²) in [5.74, 6) is 0.759. The van der Waals surface area contributed by atoms with Crippen LogP contribution in [0.25, 0.3) is 0 Å². The number of nitrogens with one attached hydrogen (secondary N) is 1. The van der Waals surface area contributed by atoms with Gasteiger partial charge in [0.1, 0.15) is 5.54 Å². The maximum Gasteiger partial charge on any atom is 0.326 e. The van der Waals surface area contributed by atoms with E-state index in [1.165, 1.54) is 12.8 Å². The molecule has 0 amide bonds. The number of carbonyl (C=O) groups is 1. The zero-order valence-electron chi connectivity index (χ0n) is 12.3. The molecule has 0 saturated heterocycles. The van der Waals surface area contributed by atoms with Crippen molar-refractivity contribution in [2.45, 2.75) is 45.6 Å². The third-order valence-corrected chi connectivity index (χ3v) is 3.55. The number of likely N-dealkylation sites (N-methyl/N-ethyl adjacent to an activating group) is 1. The van der Waals surface area contributed by atoms with E-state index in [2.05, 4.69) is 17.3 Å². The quantitative estimate of drug-likeness (QED) is 0.637. The van der Waals surface area contributed by atoms with Crippen LogP contribution in [0, 0.1) is 5.92 Å². The van der Waals surface area contributed by atoms with Crippen molar-refractivity contribution in [2.24, 2.45) is 5.92 Å². The molecule has 106 valence electrons. The van der Waals surface area contributed by atoms with E-state index in [9.17, 15) is 4.79 Å². The van der Waals surface area contributed by atoms with Crippen molar-refractivity contribution in [3.63, 3.8) is 0 Å². The van der Waals surface area contributed by atoms with Crippen molar-refractivity contribution >= 4 is 5.97 Å². The van der Waals surface area contributed by atoms with Crippen LogP contribution in [0.2, 0.25) is 0 Å². The van der Waals surface area contributed by atoms with E-state index in [-0.39, 0.29) is 5.97 Å². The van der Waals surface area contributed by atoms with Crippen LogP contribution >= 0.6 is 0 Å². The molecular weight excluding hydrogens is 228 g/mol. The smallest absolute Gasteiger partial charge is 0.326 e. The highest BCUT2D eigenvalue weighted by atomic mass is 16.5. The summed E-state index contributed by atoms with van der Waals surface area (Å²) in [6.07, 6.45) is 3.53. The molecule has 4 nitrogen and oxygen atoms in total. The summed E-state index contributed by atoms with van der Waals surface area (Å²) in [6.45, 7) is 9.12. The molecule has 1 aliphatic carbocycles. The summed E-state index contributed by atoms with van der Waals surface area (Å²) < 4.78 is 5.17. The zero-order chi connectivity index (χ0) is 13.6. The SMILES string of the molecule is CCNC(C)(CCN(C)CC1CC1)C(=O)OCC. The van der Waals surface area contributed by atoms with Gasteiger partial charge in [-0.05, 0) is 52.6 Å². The van der Waals surface area contributed by atoms with Gasteiger partial charge in [-0.25, -0.2) is 0 Å². The number of hydrogen-bond acceptors (Lipinski definition) is 4. The molecule has 1 fully saturated rings. The molecule has 0 aromatic rings. The van der Waals surface area contributed by atoms with Crippen LogP contribution in [-0.4, -0.2) is 49.7 Å². The van der Waals surface area contributed by atoms with E-state index in [4.69, 9.17) is 4.74 Å². The summed E-state index contributed by atoms with van der Waals surface area (Å²) in [5, 5.41) is 3.27. The third-order valence-electron chi connectivity index (χ3n) is 3.55. The molecule has 1 rings (SSSR count). The molecule has 1 N–H and O–H groups in total. The average Bonchev–Trinajstić information content (AvgIpc) is 3.11. The topological polar surface area (TPSA) is 41.6 Å². The van der Waals surface area contributed by atoms with Crippen LogP contribution in [0.1, 0.15) is 40.0 Å². The zero-order valence-corrected chi connectivity index (χ0v) is 12.3. The first-order valence-electron chi connectivity index (χ1n) is 7.12. The van der Waals surface area contributed by atoms with Gasteiger partial charge in [0.2, 0.25) is 0 Å². The highest BCUT2D eigenvalue weighted by Gasteiger charge is 2.34. The first-order valence-corrected chi connectivity index (χ1v) is 7.12. The van der Waals surface area contributed by atoms with Gasteiger partial charge in [-0.1, -0.05) is 6.92 Å². The van der Waals surface area contributed by atoms with Gasteiger partial charge < -0.3 is 15.0 Å². The lowest BCUT2D eigenvalue weighted by atomic mass is 9.97. The van der Waals surface area contributed by atoms with Gasteiger partial charge >= 0.3 is 5.97 Å². The molecule has 0 radical (unpaired) electrons. The fourth-order valence-corrected chi connectivity index (χ4v) is 2.19. The monoisotopic (exact) mass is 256 g/mol. The summed E-state index contributed by atoms with van der Waals surface area (Å²) in [6, 6.07) is 0. The van der Waals surface area contributed by atoms with Gasteiger partial charge in [-0.15, -0.1) is 0 Å². The van der Waals surface area contributed by atoms with Crippen molar-refractivity contribution < 1.29 is 9.53 Å². The molecular formula is C14H28N2O2. The molecule has 1 aliphatic rings. The number of nitrogens with zero attached hydrogens (tertiary/aromatic N) is 1. The lowest BCUT2D eigenvalue weighted by Gasteiger charge is -2.30. The van der Waals surface area contributed by atoms with E-state index >= 15 is 0 Å². The first kappa shape index (κ1) is 15.4. The number of hydrogen-bond donors (Lipinski definition) is 1. The van der Waals surface area contributed by atoms with E-state index < -0.39 is 5.54 Å². The molecule has 0 aliphatic heterocycles. The Bertz CT molecular complexity index is 267. The Balaban J connectivity index is 2.41. The Morgan fingerprint density at radius 3 is 2.61 bits per heavy atom. The molecule has 1 atom stereocenters. The third kappa shape index (κ3) is 4.94. The van der Waals surface area contributed by atoms with Gasteiger partial charge in [0.15, 0.2) is 0 Å². The molecule has 18 heavy (non-hydrogen) atoms. The molecule has 1 unspecified atom stereocenters. The van der Waals surface area contributed by atoms with Crippen molar-refractivity contribution in [1.82, 2.24) is 10.2 Å². The highest BCUT2D eigenvalue weighted by Crippen LogP contribution is 2.29. The van der Waals surface area contributed by atoms with Crippen molar-refractivity contribution in [1.29, 1.82) is 0 Å². The molecule has 0 spiro atoms. The Morgan fingerprint density at radius 1 is 1.44 bits per heavy atom. The maximum atomic E-state index is 12.0. The second kappa shape index (κ2) is 7.10. The second-order valence-corrected chi connectivity index (χ2v) is 5.54. The van der Waals surface area contributed by atoms with Gasteiger partial charge in [0, 0.05) is 13.1 Å². The van der Waals surface area contributed by atoms with Crippen LogP contribution in [0.4, 0.5) is 0 Å². The Hall–Kier alpha value is -0.610. The standard InChI is InChI=1S/C14H28N2O2/c1-5-15-14(3,13(17)18-6-2)9-10-16(4)11-12-7-8-12/h12,15H,5-11H2,1-4H3. The molecule has 0 aromatic carbocycles. The number of carbonyl (C=O) groups excluding carboxylic acids is 1. The van der Waals surface area contributed by atoms with Gasteiger partial charge in [-0.2, -0.15) is 0 Å². The fourth-order valence-electron chi connectivity index (χ4n) is 2.19. The number of ether oxygens (including phenoxy) is 1. The lowest BCUT2D eigenvalue weighted by molar-refractivity contribution is -0.150. The summed E-state index contributed by atoms with van der Waals surface area (Å²) in [5.41, 5.74) is -0.553. The second-order valence-electron chi connectivity index (χ2n) is 5.54. The van der Waals surface area contributed by atoms with Gasteiger partial charge in [0.25, 0.3) is 0 Å². The van der Waals surface area contributed by atoms with Crippen LogP contribution in [-0.2, 0) is 9.53 Å².